The van der Waals surface area contributed by atoms with Gasteiger partial charge in [-0.3, -0.25) is 0 Å². The Balaban J connectivity index is 1.36. The Kier molecular flexibility index (Phi) is 10.9. The molecule has 1 aliphatic rings. The highest BCUT2D eigenvalue weighted by atomic mass is 32.2. The summed E-state index contributed by atoms with van der Waals surface area (Å²) < 4.78 is 30.8. The molecule has 41 heavy (non-hydrogen) atoms. The Hall–Kier alpha value is -3.17. The minimum Gasteiger partial charge on any atom is -0.497 e. The number of ether oxygens (including phenoxy) is 5. The second-order valence-corrected chi connectivity index (χ2v) is 11.0. The van der Waals surface area contributed by atoms with Gasteiger partial charge in [0.2, 0.25) is 0 Å². The first-order chi connectivity index (χ1) is 20.2. The minimum atomic E-state index is -0.961. The molecule has 1 aliphatic heterocycles. The fourth-order valence-electron chi connectivity index (χ4n) is 4.67. The van der Waals surface area contributed by atoms with Crippen molar-refractivity contribution in [1.82, 2.24) is 0 Å². The third-order valence-electron chi connectivity index (χ3n) is 6.89. The van der Waals surface area contributed by atoms with Crippen molar-refractivity contribution >= 4 is 11.8 Å². The van der Waals surface area contributed by atoms with Gasteiger partial charge in [-0.1, -0.05) is 103 Å². The summed E-state index contributed by atoms with van der Waals surface area (Å²) in [5, 5.41) is 11.6. The van der Waals surface area contributed by atoms with Gasteiger partial charge in [0, 0.05) is 4.90 Å². The Bertz CT molecular complexity index is 1290. The maximum absolute atomic E-state index is 11.6. The average Bonchev–Trinajstić information content (AvgIpc) is 3.03. The van der Waals surface area contributed by atoms with E-state index in [1.807, 2.05) is 115 Å². The van der Waals surface area contributed by atoms with E-state index in [9.17, 15) is 5.11 Å². The molecule has 1 heterocycles. The van der Waals surface area contributed by atoms with Crippen LogP contribution in [0.2, 0.25) is 0 Å². The molecular weight excluding hydrogens is 536 g/mol. The van der Waals surface area contributed by atoms with Crippen LogP contribution in [0.5, 0.6) is 5.75 Å². The summed E-state index contributed by atoms with van der Waals surface area (Å²) in [5.74, 6) is 0.777. The third kappa shape index (κ3) is 8.42. The summed E-state index contributed by atoms with van der Waals surface area (Å²) in [6.45, 7) is 1.31. The molecule has 5 rings (SSSR count). The van der Waals surface area contributed by atoms with Crippen molar-refractivity contribution in [3.05, 3.63) is 132 Å². The Morgan fingerprint density at radius 1 is 0.659 bits per heavy atom. The second-order valence-electron chi connectivity index (χ2n) is 9.85. The summed E-state index contributed by atoms with van der Waals surface area (Å²) in [6, 6.07) is 37.7. The van der Waals surface area contributed by atoms with Gasteiger partial charge in [-0.2, -0.15) is 0 Å². The predicted octanol–water partition coefficient (Wildman–Crippen LogP) is 6.26. The molecule has 0 spiro atoms. The van der Waals surface area contributed by atoms with Crippen LogP contribution in [0.3, 0.4) is 0 Å². The van der Waals surface area contributed by atoms with Gasteiger partial charge in [0.1, 0.15) is 35.6 Å². The molecule has 5 atom stereocenters. The van der Waals surface area contributed by atoms with Crippen LogP contribution in [0.4, 0.5) is 0 Å². The van der Waals surface area contributed by atoms with E-state index < -0.39 is 29.9 Å². The molecule has 0 saturated carbocycles. The lowest BCUT2D eigenvalue weighted by atomic mass is 9.99. The molecule has 0 aromatic heterocycles. The lowest BCUT2D eigenvalue weighted by molar-refractivity contribution is -0.240. The first-order valence-electron chi connectivity index (χ1n) is 13.8. The monoisotopic (exact) mass is 572 g/mol. The van der Waals surface area contributed by atoms with Crippen LogP contribution < -0.4 is 4.74 Å². The highest BCUT2D eigenvalue weighted by Crippen LogP contribution is 2.37. The predicted molar refractivity (Wildman–Crippen MR) is 160 cm³/mol. The number of hydrogen-bond acceptors (Lipinski definition) is 7. The SMILES string of the molecule is COc1ccc(CO[C@H]2[C@@H](O)[C@@H](COCc3ccccc3)O[C@@H](Sc3ccccc3)[C@@H]2OCc2ccccc2)cc1. The van der Waals surface area contributed by atoms with Crippen LogP contribution in [0.15, 0.2) is 120 Å². The highest BCUT2D eigenvalue weighted by molar-refractivity contribution is 7.99. The molecule has 1 fully saturated rings. The van der Waals surface area contributed by atoms with Crippen molar-refractivity contribution in [3.8, 4) is 5.75 Å². The van der Waals surface area contributed by atoms with E-state index in [-0.39, 0.29) is 6.61 Å². The zero-order chi connectivity index (χ0) is 28.3. The van der Waals surface area contributed by atoms with Crippen molar-refractivity contribution in [2.45, 2.75) is 54.6 Å². The molecule has 4 aromatic rings. The first-order valence-corrected chi connectivity index (χ1v) is 14.6. The van der Waals surface area contributed by atoms with E-state index in [1.165, 1.54) is 0 Å². The van der Waals surface area contributed by atoms with Gasteiger partial charge in [-0.05, 0) is 41.0 Å². The molecule has 7 heteroatoms. The average molecular weight is 573 g/mol. The van der Waals surface area contributed by atoms with E-state index in [0.29, 0.717) is 19.8 Å². The maximum atomic E-state index is 11.6. The van der Waals surface area contributed by atoms with E-state index >= 15 is 0 Å². The van der Waals surface area contributed by atoms with Crippen molar-refractivity contribution in [2.24, 2.45) is 0 Å². The number of hydrogen-bond donors (Lipinski definition) is 1. The van der Waals surface area contributed by atoms with Gasteiger partial charge in [0.15, 0.2) is 0 Å². The molecule has 0 radical (unpaired) electrons. The maximum Gasteiger partial charge on any atom is 0.137 e. The summed E-state index contributed by atoms with van der Waals surface area (Å²) in [4.78, 5) is 1.04. The third-order valence-corrected chi connectivity index (χ3v) is 8.05. The van der Waals surface area contributed by atoms with Gasteiger partial charge >= 0.3 is 0 Å². The number of methoxy groups -OCH3 is 1. The quantitative estimate of drug-likeness (QED) is 0.203. The van der Waals surface area contributed by atoms with Crippen LogP contribution in [-0.2, 0) is 38.8 Å². The fraction of sp³-hybridized carbons (Fsp3) is 0.294. The van der Waals surface area contributed by atoms with Crippen LogP contribution in [0.25, 0.3) is 0 Å². The largest absolute Gasteiger partial charge is 0.497 e. The topological polar surface area (TPSA) is 66.4 Å². The smallest absolute Gasteiger partial charge is 0.137 e. The van der Waals surface area contributed by atoms with Crippen molar-refractivity contribution in [2.75, 3.05) is 13.7 Å². The molecule has 6 nitrogen and oxygen atoms in total. The summed E-state index contributed by atoms with van der Waals surface area (Å²) in [6.07, 6.45) is -2.75. The van der Waals surface area contributed by atoms with Crippen LogP contribution in [0.1, 0.15) is 16.7 Å². The molecule has 4 aromatic carbocycles. The van der Waals surface area contributed by atoms with Gasteiger partial charge in [0.05, 0.1) is 33.5 Å². The van der Waals surface area contributed by atoms with Crippen LogP contribution >= 0.6 is 11.8 Å². The van der Waals surface area contributed by atoms with Crippen LogP contribution in [0, 0.1) is 0 Å². The van der Waals surface area contributed by atoms with E-state index in [0.717, 1.165) is 27.3 Å². The molecule has 0 aliphatic carbocycles. The Labute approximate surface area is 246 Å². The van der Waals surface area contributed by atoms with Gasteiger partial charge in [-0.15, -0.1) is 0 Å². The van der Waals surface area contributed by atoms with Gasteiger partial charge in [-0.25, -0.2) is 0 Å². The number of thioether (sulfide) groups is 1. The zero-order valence-corrected chi connectivity index (χ0v) is 23.9. The molecule has 1 N–H and O–H groups in total. The van der Waals surface area contributed by atoms with Gasteiger partial charge in [0.25, 0.3) is 0 Å². The minimum absolute atomic E-state index is 0.218. The van der Waals surface area contributed by atoms with Gasteiger partial charge < -0.3 is 28.8 Å². The number of aliphatic hydroxyl groups is 1. The van der Waals surface area contributed by atoms with Crippen molar-refractivity contribution in [3.63, 3.8) is 0 Å². The summed E-state index contributed by atoms with van der Waals surface area (Å²) in [5.41, 5.74) is 2.63. The number of rotatable bonds is 13. The van der Waals surface area contributed by atoms with Crippen molar-refractivity contribution < 1.29 is 28.8 Å². The number of aliphatic hydroxyl groups excluding tert-OH is 1. The normalized spacial score (nSPS) is 22.3. The van der Waals surface area contributed by atoms with E-state index in [2.05, 4.69) is 0 Å². The molecule has 0 bridgehead atoms. The Morgan fingerprint density at radius 3 is 1.80 bits per heavy atom. The molecule has 214 valence electrons. The highest BCUT2D eigenvalue weighted by Gasteiger charge is 2.47. The zero-order valence-electron chi connectivity index (χ0n) is 23.1. The number of benzene rings is 4. The standard InChI is InChI=1S/C34H36O6S/c1-36-28-19-17-27(18-20-28)23-38-32-31(35)30(24-37-21-25-11-5-2-6-12-25)40-34(41-29-15-9-4-10-16-29)33(32)39-22-26-13-7-3-8-14-26/h2-20,30-35H,21-24H2,1H3/t30-,31+,32+,33-,34+/m1/s1. The van der Waals surface area contributed by atoms with E-state index in [4.69, 9.17) is 23.7 Å². The lowest BCUT2D eigenvalue weighted by Gasteiger charge is -2.44. The molecular formula is C34H36O6S. The van der Waals surface area contributed by atoms with Crippen molar-refractivity contribution in [1.29, 1.82) is 0 Å². The lowest BCUT2D eigenvalue weighted by Crippen LogP contribution is -2.59. The Morgan fingerprint density at radius 2 is 1.20 bits per heavy atom. The van der Waals surface area contributed by atoms with E-state index in [1.54, 1.807) is 18.9 Å². The fourth-order valence-corrected chi connectivity index (χ4v) is 5.82. The summed E-state index contributed by atoms with van der Waals surface area (Å²) >= 11 is 1.56. The summed E-state index contributed by atoms with van der Waals surface area (Å²) in [7, 11) is 1.64. The molecule has 1 saturated heterocycles. The first kappa shape index (κ1) is 29.3. The van der Waals surface area contributed by atoms with Crippen LogP contribution in [-0.4, -0.2) is 48.7 Å². The molecule has 0 unspecified atom stereocenters. The second kappa shape index (κ2) is 15.2. The molecule has 0 amide bonds.